The van der Waals surface area contributed by atoms with Crippen LogP contribution in [0.3, 0.4) is 0 Å². The number of hydrogen-bond donors (Lipinski definition) is 1. The van der Waals surface area contributed by atoms with Crippen molar-refractivity contribution in [3.63, 3.8) is 0 Å². The summed E-state index contributed by atoms with van der Waals surface area (Å²) in [6.07, 6.45) is 7.01. The number of likely N-dealkylation sites (tertiary alicyclic amines) is 1. The van der Waals surface area contributed by atoms with E-state index in [1.54, 1.807) is 0 Å². The topological polar surface area (TPSA) is 29.3 Å². The monoisotopic (exact) mass is 264 g/mol. The molecule has 1 saturated carbocycles. The normalized spacial score (nSPS) is 28.3. The molecule has 2 unspecified atom stereocenters. The summed E-state index contributed by atoms with van der Waals surface area (Å²) in [6.45, 7) is 2.24. The minimum Gasteiger partial charge on any atom is -0.399 e. The Hall–Kier alpha value is -0.730. The molecule has 98 valence electrons. The highest BCUT2D eigenvalue weighted by atomic mass is 35.5. The smallest absolute Gasteiger partial charge is 0.0429 e. The van der Waals surface area contributed by atoms with Crippen LogP contribution in [0.4, 0.5) is 5.69 Å². The zero-order valence-electron chi connectivity index (χ0n) is 10.7. The molecule has 3 heteroatoms. The second kappa shape index (κ2) is 5.10. The van der Waals surface area contributed by atoms with E-state index < -0.39 is 0 Å². The maximum atomic E-state index is 6.07. The molecule has 1 aliphatic heterocycles. The fourth-order valence-corrected chi connectivity index (χ4v) is 3.97. The Morgan fingerprint density at radius 2 is 2.00 bits per heavy atom. The lowest BCUT2D eigenvalue weighted by atomic mass is 9.85. The Bertz CT molecular complexity index is 412. The van der Waals surface area contributed by atoms with E-state index in [0.717, 1.165) is 29.2 Å². The molecule has 0 radical (unpaired) electrons. The van der Waals surface area contributed by atoms with Crippen molar-refractivity contribution >= 4 is 17.3 Å². The van der Waals surface area contributed by atoms with Crippen molar-refractivity contribution in [2.45, 2.75) is 44.7 Å². The van der Waals surface area contributed by atoms with Gasteiger partial charge in [-0.25, -0.2) is 0 Å². The van der Waals surface area contributed by atoms with E-state index in [9.17, 15) is 0 Å². The summed E-state index contributed by atoms with van der Waals surface area (Å²) >= 11 is 6.07. The number of nitrogens with zero attached hydrogens (tertiary/aromatic N) is 1. The molecule has 1 aliphatic carbocycles. The lowest BCUT2D eigenvalue weighted by Crippen LogP contribution is -2.34. The van der Waals surface area contributed by atoms with E-state index in [-0.39, 0.29) is 0 Å². The van der Waals surface area contributed by atoms with Gasteiger partial charge in [-0.05, 0) is 55.5 Å². The largest absolute Gasteiger partial charge is 0.399 e. The number of hydrogen-bond acceptors (Lipinski definition) is 2. The zero-order valence-corrected chi connectivity index (χ0v) is 11.5. The van der Waals surface area contributed by atoms with E-state index in [1.165, 1.54) is 44.2 Å². The van der Waals surface area contributed by atoms with Crippen molar-refractivity contribution in [1.29, 1.82) is 0 Å². The Kier molecular flexibility index (Phi) is 3.49. The van der Waals surface area contributed by atoms with Gasteiger partial charge < -0.3 is 5.73 Å². The molecule has 18 heavy (non-hydrogen) atoms. The number of nitrogens with two attached hydrogens (primary N) is 1. The number of halogens is 1. The predicted molar refractivity (Wildman–Crippen MR) is 76.6 cm³/mol. The third-order valence-electron chi connectivity index (χ3n) is 4.49. The Morgan fingerprint density at radius 1 is 1.17 bits per heavy atom. The number of benzene rings is 1. The fraction of sp³-hybridized carbons (Fsp3) is 0.600. The highest BCUT2D eigenvalue weighted by molar-refractivity contribution is 6.30. The molecule has 1 saturated heterocycles. The van der Waals surface area contributed by atoms with E-state index in [0.29, 0.717) is 0 Å². The third kappa shape index (κ3) is 2.50. The summed E-state index contributed by atoms with van der Waals surface area (Å²) in [6, 6.07) is 6.73. The van der Waals surface area contributed by atoms with Crippen LogP contribution in [0.5, 0.6) is 0 Å². The van der Waals surface area contributed by atoms with Crippen LogP contribution >= 0.6 is 11.6 Å². The van der Waals surface area contributed by atoms with Crippen molar-refractivity contribution in [1.82, 2.24) is 4.90 Å². The Labute approximate surface area is 114 Å². The van der Waals surface area contributed by atoms with Crippen molar-refractivity contribution < 1.29 is 0 Å². The minimum atomic E-state index is 0.754. The molecule has 3 rings (SSSR count). The first-order valence-electron chi connectivity index (χ1n) is 7.01. The summed E-state index contributed by atoms with van der Waals surface area (Å²) in [5.41, 5.74) is 7.89. The van der Waals surface area contributed by atoms with E-state index in [4.69, 9.17) is 17.3 Å². The molecule has 1 aromatic rings. The first-order valence-corrected chi connectivity index (χ1v) is 7.39. The lowest BCUT2D eigenvalue weighted by molar-refractivity contribution is 0.176. The average Bonchev–Trinajstić information content (AvgIpc) is 2.72. The molecule has 1 heterocycles. The highest BCUT2D eigenvalue weighted by Crippen LogP contribution is 2.37. The van der Waals surface area contributed by atoms with Crippen LogP contribution in [0.1, 0.15) is 37.7 Å². The zero-order chi connectivity index (χ0) is 12.5. The molecular weight excluding hydrogens is 244 g/mol. The van der Waals surface area contributed by atoms with Crippen LogP contribution in [-0.4, -0.2) is 17.5 Å². The van der Waals surface area contributed by atoms with Gasteiger partial charge in [0.1, 0.15) is 0 Å². The SMILES string of the molecule is Nc1cc(Cl)cc(CN2CCC3CCCCC32)c1. The van der Waals surface area contributed by atoms with Crippen LogP contribution in [0.2, 0.25) is 5.02 Å². The van der Waals surface area contributed by atoms with Gasteiger partial charge in [0.2, 0.25) is 0 Å². The Balaban J connectivity index is 1.72. The maximum Gasteiger partial charge on any atom is 0.0429 e. The van der Waals surface area contributed by atoms with Gasteiger partial charge in [-0.2, -0.15) is 0 Å². The summed E-state index contributed by atoms with van der Waals surface area (Å²) in [5.74, 6) is 0.940. The van der Waals surface area contributed by atoms with E-state index in [1.807, 2.05) is 12.1 Å². The first kappa shape index (κ1) is 12.3. The summed E-state index contributed by atoms with van der Waals surface area (Å²) in [7, 11) is 0. The highest BCUT2D eigenvalue weighted by Gasteiger charge is 2.35. The van der Waals surface area contributed by atoms with Gasteiger partial charge in [0, 0.05) is 23.3 Å². The molecule has 0 amide bonds. The average molecular weight is 265 g/mol. The van der Waals surface area contributed by atoms with Crippen LogP contribution < -0.4 is 5.73 Å². The van der Waals surface area contributed by atoms with Crippen LogP contribution in [-0.2, 0) is 6.54 Å². The summed E-state index contributed by atoms with van der Waals surface area (Å²) < 4.78 is 0. The van der Waals surface area contributed by atoms with Gasteiger partial charge in [-0.15, -0.1) is 0 Å². The molecule has 1 aromatic carbocycles. The van der Waals surface area contributed by atoms with Crippen molar-refractivity contribution in [2.75, 3.05) is 12.3 Å². The van der Waals surface area contributed by atoms with Crippen molar-refractivity contribution in [3.05, 3.63) is 28.8 Å². The molecular formula is C15H21ClN2. The first-order chi connectivity index (χ1) is 8.72. The van der Waals surface area contributed by atoms with Crippen LogP contribution in [0.15, 0.2) is 18.2 Å². The second-order valence-corrected chi connectivity index (χ2v) is 6.20. The van der Waals surface area contributed by atoms with Gasteiger partial charge in [0.05, 0.1) is 0 Å². The second-order valence-electron chi connectivity index (χ2n) is 5.76. The molecule has 2 N–H and O–H groups in total. The predicted octanol–water partition coefficient (Wildman–Crippen LogP) is 3.69. The minimum absolute atomic E-state index is 0.754. The summed E-state index contributed by atoms with van der Waals surface area (Å²) in [4.78, 5) is 2.63. The number of rotatable bonds is 2. The number of nitrogen functional groups attached to an aromatic ring is 1. The van der Waals surface area contributed by atoms with Crippen molar-refractivity contribution in [3.8, 4) is 0 Å². The molecule has 2 nitrogen and oxygen atoms in total. The quantitative estimate of drug-likeness (QED) is 0.826. The maximum absolute atomic E-state index is 6.07. The molecule has 2 atom stereocenters. The van der Waals surface area contributed by atoms with E-state index in [2.05, 4.69) is 11.0 Å². The number of fused-ring (bicyclic) bond motifs is 1. The van der Waals surface area contributed by atoms with Gasteiger partial charge >= 0.3 is 0 Å². The summed E-state index contributed by atoms with van der Waals surface area (Å²) in [5, 5.41) is 0.754. The van der Waals surface area contributed by atoms with Gasteiger partial charge in [-0.3, -0.25) is 4.90 Å². The molecule has 2 aliphatic rings. The van der Waals surface area contributed by atoms with Gasteiger partial charge in [0.15, 0.2) is 0 Å². The molecule has 0 aromatic heterocycles. The molecule has 0 spiro atoms. The van der Waals surface area contributed by atoms with E-state index >= 15 is 0 Å². The van der Waals surface area contributed by atoms with Crippen molar-refractivity contribution in [2.24, 2.45) is 5.92 Å². The number of anilines is 1. The fourth-order valence-electron chi connectivity index (χ4n) is 3.70. The van der Waals surface area contributed by atoms with Crippen LogP contribution in [0, 0.1) is 5.92 Å². The third-order valence-corrected chi connectivity index (χ3v) is 4.71. The van der Waals surface area contributed by atoms with Gasteiger partial charge in [0.25, 0.3) is 0 Å². The van der Waals surface area contributed by atoms with Gasteiger partial charge in [-0.1, -0.05) is 24.4 Å². The molecule has 0 bridgehead atoms. The Morgan fingerprint density at radius 3 is 2.83 bits per heavy atom. The van der Waals surface area contributed by atoms with Crippen LogP contribution in [0.25, 0.3) is 0 Å². The lowest BCUT2D eigenvalue weighted by Gasteiger charge is -2.31. The standard InChI is InChI=1S/C15H21ClN2/c16-13-7-11(8-14(17)9-13)10-18-6-5-12-3-1-2-4-15(12)18/h7-9,12,15H,1-6,10,17H2. The molecule has 2 fully saturated rings.